The van der Waals surface area contributed by atoms with Crippen LogP contribution in [-0.4, -0.2) is 20.8 Å². The molecule has 0 radical (unpaired) electrons. The summed E-state index contributed by atoms with van der Waals surface area (Å²) in [5, 5.41) is 9.01. The van der Waals surface area contributed by atoms with Crippen LogP contribution >= 0.6 is 11.3 Å². The first-order valence-electron chi connectivity index (χ1n) is 6.21. The highest BCUT2D eigenvalue weighted by Gasteiger charge is 2.14. The summed E-state index contributed by atoms with van der Waals surface area (Å²) >= 11 is 1.75. The number of hydrogen-bond acceptors (Lipinski definition) is 4. The number of nitrogens with one attached hydrogen (secondary N) is 1. The van der Waals surface area contributed by atoms with Crippen LogP contribution in [0.1, 0.15) is 35.3 Å². The maximum atomic E-state index is 4.36. The second-order valence-electron chi connectivity index (χ2n) is 4.75. The molecule has 0 saturated heterocycles. The smallest absolute Gasteiger partial charge is 0.0897 e. The van der Waals surface area contributed by atoms with Crippen LogP contribution in [0.15, 0.2) is 18.6 Å². The molecule has 0 amide bonds. The monoisotopic (exact) mass is 264 g/mol. The van der Waals surface area contributed by atoms with Crippen molar-refractivity contribution in [2.45, 2.75) is 46.3 Å². The van der Waals surface area contributed by atoms with Gasteiger partial charge < -0.3 is 5.32 Å². The van der Waals surface area contributed by atoms with E-state index in [4.69, 9.17) is 0 Å². The Hall–Kier alpha value is -1.20. The molecule has 18 heavy (non-hydrogen) atoms. The minimum atomic E-state index is 0.340. The van der Waals surface area contributed by atoms with E-state index >= 15 is 0 Å². The van der Waals surface area contributed by atoms with Crippen LogP contribution < -0.4 is 5.32 Å². The molecule has 5 heteroatoms. The second kappa shape index (κ2) is 5.63. The molecule has 0 bridgehead atoms. The molecular formula is C13H20N4S. The van der Waals surface area contributed by atoms with Crippen LogP contribution in [0, 0.1) is 13.8 Å². The van der Waals surface area contributed by atoms with Gasteiger partial charge >= 0.3 is 0 Å². The molecule has 1 N–H and O–H groups in total. The van der Waals surface area contributed by atoms with Crippen molar-refractivity contribution in [1.29, 1.82) is 0 Å². The minimum absolute atomic E-state index is 0.340. The molecule has 0 fully saturated rings. The molecule has 2 rings (SSSR count). The quantitative estimate of drug-likeness (QED) is 0.903. The lowest BCUT2D eigenvalue weighted by Crippen LogP contribution is -2.33. The van der Waals surface area contributed by atoms with Gasteiger partial charge in [-0.25, -0.2) is 4.98 Å². The third-order valence-electron chi connectivity index (χ3n) is 3.14. The summed E-state index contributed by atoms with van der Waals surface area (Å²) in [6, 6.07) is 0.708. The van der Waals surface area contributed by atoms with Gasteiger partial charge in [-0.05, 0) is 33.3 Å². The molecule has 0 unspecified atom stereocenters. The lowest BCUT2D eigenvalue weighted by Gasteiger charge is -2.21. The summed E-state index contributed by atoms with van der Waals surface area (Å²) in [4.78, 5) is 5.54. The minimum Gasteiger partial charge on any atom is -0.307 e. The number of aryl methyl sites for hydroxylation is 2. The highest BCUT2D eigenvalue weighted by Crippen LogP contribution is 2.14. The third-order valence-corrected chi connectivity index (χ3v) is 4.05. The molecule has 0 spiro atoms. The molecule has 2 aromatic rings. The molecule has 98 valence electrons. The summed E-state index contributed by atoms with van der Waals surface area (Å²) in [6.07, 6.45) is 5.93. The first-order chi connectivity index (χ1) is 8.56. The Labute approximate surface area is 112 Å². The first kappa shape index (κ1) is 13.2. The van der Waals surface area contributed by atoms with E-state index in [1.165, 1.54) is 10.4 Å². The van der Waals surface area contributed by atoms with E-state index < -0.39 is 0 Å². The Bertz CT molecular complexity index is 503. The average molecular weight is 264 g/mol. The van der Waals surface area contributed by atoms with Crippen molar-refractivity contribution in [2.24, 2.45) is 0 Å². The molecule has 0 aliphatic carbocycles. The highest BCUT2D eigenvalue weighted by atomic mass is 32.1. The standard InChI is InChI=1S/C13H20N4S/c1-9-5-16-17(8-9)11(3)10(2)14-6-13-7-15-12(4)18-13/h5,7-8,10-11,14H,6H2,1-4H3/t10-,11+/m0/s1. The zero-order valence-corrected chi connectivity index (χ0v) is 12.2. The average Bonchev–Trinajstić information content (AvgIpc) is 2.94. The number of thiazole rings is 1. The Balaban J connectivity index is 1.89. The van der Waals surface area contributed by atoms with Gasteiger partial charge in [0.15, 0.2) is 0 Å². The van der Waals surface area contributed by atoms with E-state index in [2.05, 4.69) is 42.4 Å². The zero-order chi connectivity index (χ0) is 13.1. The van der Waals surface area contributed by atoms with Gasteiger partial charge in [-0.3, -0.25) is 4.68 Å². The van der Waals surface area contributed by atoms with Gasteiger partial charge in [0.1, 0.15) is 0 Å². The van der Waals surface area contributed by atoms with E-state index in [0.717, 1.165) is 11.6 Å². The van der Waals surface area contributed by atoms with Crippen molar-refractivity contribution >= 4 is 11.3 Å². The molecule has 4 nitrogen and oxygen atoms in total. The Morgan fingerprint density at radius 1 is 1.33 bits per heavy atom. The lowest BCUT2D eigenvalue weighted by molar-refractivity contribution is 0.365. The number of aromatic nitrogens is 3. The van der Waals surface area contributed by atoms with E-state index in [9.17, 15) is 0 Å². The van der Waals surface area contributed by atoms with Crippen LogP contribution in [0.2, 0.25) is 0 Å². The maximum absolute atomic E-state index is 4.36. The fourth-order valence-electron chi connectivity index (χ4n) is 1.80. The summed E-state index contributed by atoms with van der Waals surface area (Å²) < 4.78 is 2.02. The number of nitrogens with zero attached hydrogens (tertiary/aromatic N) is 3. The predicted octanol–water partition coefficient (Wildman–Crippen LogP) is 2.70. The molecule has 0 aliphatic rings. The van der Waals surface area contributed by atoms with Crippen LogP contribution in [-0.2, 0) is 6.54 Å². The van der Waals surface area contributed by atoms with Gasteiger partial charge in [-0.2, -0.15) is 5.10 Å². The summed E-state index contributed by atoms with van der Waals surface area (Å²) in [7, 11) is 0. The molecule has 2 atom stereocenters. The first-order valence-corrected chi connectivity index (χ1v) is 7.03. The van der Waals surface area contributed by atoms with Crippen LogP contribution in [0.4, 0.5) is 0 Å². The molecular weight excluding hydrogens is 244 g/mol. The van der Waals surface area contributed by atoms with Gasteiger partial charge in [0.2, 0.25) is 0 Å². The fraction of sp³-hybridized carbons (Fsp3) is 0.538. The summed E-state index contributed by atoms with van der Waals surface area (Å²) in [5.41, 5.74) is 1.20. The maximum Gasteiger partial charge on any atom is 0.0897 e. The van der Waals surface area contributed by atoms with Gasteiger partial charge in [0.25, 0.3) is 0 Å². The normalized spacial score (nSPS) is 14.7. The Morgan fingerprint density at radius 3 is 2.67 bits per heavy atom. The van der Waals surface area contributed by atoms with Crippen molar-refractivity contribution in [1.82, 2.24) is 20.1 Å². The van der Waals surface area contributed by atoms with Crippen molar-refractivity contribution in [3.05, 3.63) is 34.0 Å². The lowest BCUT2D eigenvalue weighted by atomic mass is 10.2. The largest absolute Gasteiger partial charge is 0.307 e. The predicted molar refractivity (Wildman–Crippen MR) is 74.8 cm³/mol. The number of hydrogen-bond donors (Lipinski definition) is 1. The van der Waals surface area contributed by atoms with E-state index in [-0.39, 0.29) is 0 Å². The SMILES string of the molecule is Cc1cnn([C@H](C)[C@H](C)NCc2cnc(C)s2)c1. The Kier molecular flexibility index (Phi) is 4.14. The molecule has 2 heterocycles. The highest BCUT2D eigenvalue weighted by molar-refractivity contribution is 7.11. The van der Waals surface area contributed by atoms with Crippen LogP contribution in [0.5, 0.6) is 0 Å². The summed E-state index contributed by atoms with van der Waals surface area (Å²) in [6.45, 7) is 9.34. The van der Waals surface area contributed by atoms with Gasteiger partial charge in [0.05, 0.1) is 17.2 Å². The topological polar surface area (TPSA) is 42.7 Å². The van der Waals surface area contributed by atoms with E-state index in [1.807, 2.05) is 24.0 Å². The van der Waals surface area contributed by atoms with Crippen molar-refractivity contribution < 1.29 is 0 Å². The van der Waals surface area contributed by atoms with Crippen LogP contribution in [0.3, 0.4) is 0 Å². The molecule has 0 aliphatic heterocycles. The second-order valence-corrected chi connectivity index (χ2v) is 6.07. The number of rotatable bonds is 5. The molecule has 0 saturated carbocycles. The Morgan fingerprint density at radius 2 is 2.11 bits per heavy atom. The van der Waals surface area contributed by atoms with Gasteiger partial charge in [-0.15, -0.1) is 11.3 Å². The van der Waals surface area contributed by atoms with E-state index in [1.54, 1.807) is 11.3 Å². The fourth-order valence-corrected chi connectivity index (χ4v) is 2.55. The van der Waals surface area contributed by atoms with Gasteiger partial charge in [-0.1, -0.05) is 0 Å². The molecule has 2 aromatic heterocycles. The zero-order valence-electron chi connectivity index (χ0n) is 11.3. The van der Waals surface area contributed by atoms with Crippen molar-refractivity contribution in [3.8, 4) is 0 Å². The van der Waals surface area contributed by atoms with E-state index in [0.29, 0.717) is 12.1 Å². The van der Waals surface area contributed by atoms with Crippen molar-refractivity contribution in [3.63, 3.8) is 0 Å². The third kappa shape index (κ3) is 3.17. The summed E-state index contributed by atoms with van der Waals surface area (Å²) in [5.74, 6) is 0. The molecule has 0 aromatic carbocycles. The van der Waals surface area contributed by atoms with Crippen LogP contribution in [0.25, 0.3) is 0 Å². The van der Waals surface area contributed by atoms with Gasteiger partial charge in [0, 0.05) is 29.9 Å². The van der Waals surface area contributed by atoms with Crippen molar-refractivity contribution in [2.75, 3.05) is 0 Å².